The van der Waals surface area contributed by atoms with Gasteiger partial charge in [0.25, 0.3) is 5.69 Å². The molecular weight excluding hydrogens is 270 g/mol. The van der Waals surface area contributed by atoms with Gasteiger partial charge < -0.3 is 10.2 Å². The molecule has 6 nitrogen and oxygen atoms in total. The molecule has 1 aliphatic heterocycles. The molecular formula is C15H21N3O3. The summed E-state index contributed by atoms with van der Waals surface area (Å²) in [5.41, 5.74) is 1.07. The number of nitrogens with zero attached hydrogens (tertiary/aromatic N) is 2. The highest BCUT2D eigenvalue weighted by molar-refractivity contribution is 5.76. The lowest BCUT2D eigenvalue weighted by Gasteiger charge is -2.26. The molecule has 0 spiro atoms. The van der Waals surface area contributed by atoms with Crippen LogP contribution in [0.4, 0.5) is 5.69 Å². The maximum atomic E-state index is 11.9. The van der Waals surface area contributed by atoms with Crippen LogP contribution < -0.4 is 5.32 Å². The van der Waals surface area contributed by atoms with E-state index >= 15 is 0 Å². The predicted octanol–water partition coefficient (Wildman–Crippen LogP) is 2.09. The van der Waals surface area contributed by atoms with Gasteiger partial charge in [0.05, 0.1) is 4.92 Å². The van der Waals surface area contributed by atoms with Crippen molar-refractivity contribution in [2.75, 3.05) is 19.6 Å². The lowest BCUT2D eigenvalue weighted by Crippen LogP contribution is -2.37. The van der Waals surface area contributed by atoms with E-state index in [-0.39, 0.29) is 11.6 Å². The van der Waals surface area contributed by atoms with Crippen LogP contribution >= 0.6 is 0 Å². The molecule has 2 rings (SSSR count). The van der Waals surface area contributed by atoms with Crippen LogP contribution in [-0.4, -0.2) is 35.4 Å². The molecule has 0 aliphatic carbocycles. The first-order chi connectivity index (χ1) is 10.2. The topological polar surface area (TPSA) is 75.5 Å². The molecule has 6 heteroatoms. The summed E-state index contributed by atoms with van der Waals surface area (Å²) in [5.74, 6) is 0.214. The number of rotatable bonds is 6. The molecule has 1 aromatic carbocycles. The Morgan fingerprint density at radius 1 is 1.19 bits per heavy atom. The van der Waals surface area contributed by atoms with Crippen molar-refractivity contribution in [1.82, 2.24) is 10.2 Å². The molecule has 1 saturated heterocycles. The Kier molecular flexibility index (Phi) is 5.68. The first-order valence-corrected chi connectivity index (χ1v) is 7.38. The van der Waals surface area contributed by atoms with Crippen LogP contribution in [0.3, 0.4) is 0 Å². The Labute approximate surface area is 124 Å². The Bertz CT molecular complexity index is 481. The number of nitro groups is 1. The molecule has 0 saturated carbocycles. The highest BCUT2D eigenvalue weighted by Gasteiger charge is 2.15. The largest absolute Gasteiger partial charge is 0.343 e. The van der Waals surface area contributed by atoms with Gasteiger partial charge in [0, 0.05) is 44.7 Å². The van der Waals surface area contributed by atoms with E-state index in [1.54, 1.807) is 12.1 Å². The van der Waals surface area contributed by atoms with Gasteiger partial charge in [-0.15, -0.1) is 0 Å². The fourth-order valence-corrected chi connectivity index (χ4v) is 2.46. The third-order valence-corrected chi connectivity index (χ3v) is 3.70. The fourth-order valence-electron chi connectivity index (χ4n) is 2.46. The number of non-ortho nitro benzene ring substituents is 1. The van der Waals surface area contributed by atoms with E-state index in [1.165, 1.54) is 18.6 Å². The number of nitrogens with one attached hydrogen (secondary N) is 1. The molecule has 0 bridgehead atoms. The maximum absolute atomic E-state index is 11.9. The van der Waals surface area contributed by atoms with Gasteiger partial charge in [-0.25, -0.2) is 0 Å². The first kappa shape index (κ1) is 15.4. The van der Waals surface area contributed by atoms with Crippen molar-refractivity contribution in [1.29, 1.82) is 0 Å². The minimum Gasteiger partial charge on any atom is -0.343 e. The summed E-state index contributed by atoms with van der Waals surface area (Å²) in [4.78, 5) is 24.0. The summed E-state index contributed by atoms with van der Waals surface area (Å²) in [7, 11) is 0. The second-order valence-corrected chi connectivity index (χ2v) is 5.29. The van der Waals surface area contributed by atoms with E-state index in [4.69, 9.17) is 0 Å². The zero-order chi connectivity index (χ0) is 15.1. The Hall–Kier alpha value is -1.95. The monoisotopic (exact) mass is 291 g/mol. The van der Waals surface area contributed by atoms with Gasteiger partial charge in [-0.05, 0) is 24.8 Å². The summed E-state index contributed by atoms with van der Waals surface area (Å²) in [6.45, 7) is 3.03. The van der Waals surface area contributed by atoms with Crippen LogP contribution in [-0.2, 0) is 11.3 Å². The van der Waals surface area contributed by atoms with Gasteiger partial charge in [-0.1, -0.05) is 12.1 Å². The number of nitro benzene ring substituents is 1. The third-order valence-electron chi connectivity index (χ3n) is 3.70. The van der Waals surface area contributed by atoms with Gasteiger partial charge >= 0.3 is 0 Å². The lowest BCUT2D eigenvalue weighted by atomic mass is 10.1. The number of piperidine rings is 1. The van der Waals surface area contributed by atoms with E-state index < -0.39 is 4.92 Å². The van der Waals surface area contributed by atoms with Crippen LogP contribution in [0.5, 0.6) is 0 Å². The number of carbonyl (C=O) groups excluding carboxylic acids is 1. The van der Waals surface area contributed by atoms with E-state index in [0.717, 1.165) is 31.5 Å². The summed E-state index contributed by atoms with van der Waals surface area (Å²) < 4.78 is 0. The molecule has 114 valence electrons. The van der Waals surface area contributed by atoms with Gasteiger partial charge in [-0.3, -0.25) is 14.9 Å². The number of amides is 1. The van der Waals surface area contributed by atoms with E-state index in [1.807, 2.05) is 4.90 Å². The van der Waals surface area contributed by atoms with Crippen molar-refractivity contribution in [2.24, 2.45) is 0 Å². The summed E-state index contributed by atoms with van der Waals surface area (Å²) >= 11 is 0. The predicted molar refractivity (Wildman–Crippen MR) is 79.9 cm³/mol. The molecule has 0 atom stereocenters. The Morgan fingerprint density at radius 2 is 1.86 bits per heavy atom. The average molecular weight is 291 g/mol. The number of benzene rings is 1. The second kappa shape index (κ2) is 7.73. The van der Waals surface area contributed by atoms with Crippen molar-refractivity contribution in [3.8, 4) is 0 Å². The molecule has 1 fully saturated rings. The Balaban J connectivity index is 1.67. The van der Waals surface area contributed by atoms with Crippen molar-refractivity contribution < 1.29 is 9.72 Å². The van der Waals surface area contributed by atoms with Crippen molar-refractivity contribution in [2.45, 2.75) is 32.2 Å². The quantitative estimate of drug-likeness (QED) is 0.494. The van der Waals surface area contributed by atoms with Gasteiger partial charge in [0.2, 0.25) is 5.91 Å². The molecule has 1 N–H and O–H groups in total. The van der Waals surface area contributed by atoms with Gasteiger partial charge in [0.15, 0.2) is 0 Å². The average Bonchev–Trinajstić information content (AvgIpc) is 2.52. The van der Waals surface area contributed by atoms with Crippen molar-refractivity contribution in [3.63, 3.8) is 0 Å². The molecule has 0 radical (unpaired) electrons. The molecule has 1 heterocycles. The Morgan fingerprint density at radius 3 is 2.48 bits per heavy atom. The lowest BCUT2D eigenvalue weighted by molar-refractivity contribution is -0.384. The standard InChI is InChI=1S/C15H21N3O3/c19-15(17-10-2-1-3-11-17)8-9-16-12-13-4-6-14(7-5-13)18(20)21/h4-7,16H,1-3,8-12H2. The van der Waals surface area contributed by atoms with Gasteiger partial charge in [0.1, 0.15) is 0 Å². The molecule has 1 amide bonds. The number of carbonyl (C=O) groups is 1. The van der Waals surface area contributed by atoms with Crippen LogP contribution in [0.2, 0.25) is 0 Å². The second-order valence-electron chi connectivity index (χ2n) is 5.29. The van der Waals surface area contributed by atoms with Crippen molar-refractivity contribution >= 4 is 11.6 Å². The summed E-state index contributed by atoms with van der Waals surface area (Å²) in [6, 6.07) is 6.46. The molecule has 1 aromatic rings. The SMILES string of the molecule is O=C(CCNCc1ccc([N+](=O)[O-])cc1)N1CCCCC1. The van der Waals surface area contributed by atoms with E-state index in [2.05, 4.69) is 5.32 Å². The van der Waals surface area contributed by atoms with Crippen LogP contribution in [0.15, 0.2) is 24.3 Å². The smallest absolute Gasteiger partial charge is 0.269 e. The zero-order valence-corrected chi connectivity index (χ0v) is 12.1. The summed E-state index contributed by atoms with van der Waals surface area (Å²) in [6.07, 6.45) is 3.96. The van der Waals surface area contributed by atoms with Crippen LogP contribution in [0, 0.1) is 10.1 Å². The van der Waals surface area contributed by atoms with Crippen LogP contribution in [0.1, 0.15) is 31.2 Å². The normalized spacial score (nSPS) is 15.0. The number of hydrogen-bond acceptors (Lipinski definition) is 4. The highest BCUT2D eigenvalue weighted by atomic mass is 16.6. The molecule has 0 unspecified atom stereocenters. The number of hydrogen-bond donors (Lipinski definition) is 1. The fraction of sp³-hybridized carbons (Fsp3) is 0.533. The minimum atomic E-state index is -0.408. The highest BCUT2D eigenvalue weighted by Crippen LogP contribution is 2.12. The minimum absolute atomic E-state index is 0.0963. The summed E-state index contributed by atoms with van der Waals surface area (Å²) in [5, 5.41) is 13.7. The number of likely N-dealkylation sites (tertiary alicyclic amines) is 1. The molecule has 0 aromatic heterocycles. The molecule has 21 heavy (non-hydrogen) atoms. The third kappa shape index (κ3) is 4.82. The van der Waals surface area contributed by atoms with E-state index in [9.17, 15) is 14.9 Å². The van der Waals surface area contributed by atoms with Gasteiger partial charge in [-0.2, -0.15) is 0 Å². The zero-order valence-electron chi connectivity index (χ0n) is 12.1. The van der Waals surface area contributed by atoms with E-state index in [0.29, 0.717) is 19.5 Å². The first-order valence-electron chi connectivity index (χ1n) is 7.38. The van der Waals surface area contributed by atoms with Crippen molar-refractivity contribution in [3.05, 3.63) is 39.9 Å². The van der Waals surface area contributed by atoms with Crippen LogP contribution in [0.25, 0.3) is 0 Å². The maximum Gasteiger partial charge on any atom is 0.269 e. The molecule has 1 aliphatic rings.